The Morgan fingerprint density at radius 3 is 2.83 bits per heavy atom. The second-order valence-corrected chi connectivity index (χ2v) is 6.86. The molecule has 8 nitrogen and oxygen atoms in total. The van der Waals surface area contributed by atoms with E-state index in [1.54, 1.807) is 7.11 Å². The Bertz CT molecular complexity index is 584. The van der Waals surface area contributed by atoms with Gasteiger partial charge in [0.05, 0.1) is 19.8 Å². The monoisotopic (exact) mass is 520 g/mol. The van der Waals surface area contributed by atoms with E-state index in [-0.39, 0.29) is 24.0 Å². The first-order chi connectivity index (χ1) is 13.7. The van der Waals surface area contributed by atoms with Crippen LogP contribution in [0.1, 0.15) is 18.9 Å². The predicted octanol–water partition coefficient (Wildman–Crippen LogP) is 1.56. The maximum absolute atomic E-state index is 5.46. The highest BCUT2D eigenvalue weighted by Gasteiger charge is 2.15. The Kier molecular flexibility index (Phi) is 14.0. The number of aliphatic imine (C=N–C) groups is 1. The molecule has 1 aromatic rings. The van der Waals surface area contributed by atoms with Crippen LogP contribution in [0.5, 0.6) is 0 Å². The van der Waals surface area contributed by atoms with Crippen LogP contribution in [0.15, 0.2) is 23.3 Å². The Morgan fingerprint density at radius 2 is 2.10 bits per heavy atom. The van der Waals surface area contributed by atoms with Gasteiger partial charge in [0.1, 0.15) is 5.82 Å². The summed E-state index contributed by atoms with van der Waals surface area (Å²) in [6, 6.07) is 4.08. The van der Waals surface area contributed by atoms with Crippen LogP contribution in [-0.4, -0.2) is 89.1 Å². The third kappa shape index (κ3) is 9.92. The zero-order valence-corrected chi connectivity index (χ0v) is 20.4. The maximum atomic E-state index is 5.46. The molecule has 1 aliphatic rings. The Morgan fingerprint density at radius 1 is 1.31 bits per heavy atom. The van der Waals surface area contributed by atoms with Crippen LogP contribution in [0, 0.1) is 0 Å². The molecule has 1 fully saturated rings. The third-order valence-electron chi connectivity index (χ3n) is 4.60. The van der Waals surface area contributed by atoms with Gasteiger partial charge in [0.25, 0.3) is 0 Å². The van der Waals surface area contributed by atoms with Gasteiger partial charge in [0, 0.05) is 64.7 Å². The lowest BCUT2D eigenvalue weighted by atomic mass is 10.2. The summed E-state index contributed by atoms with van der Waals surface area (Å²) < 4.78 is 10.6. The van der Waals surface area contributed by atoms with Gasteiger partial charge in [-0.2, -0.15) is 0 Å². The zero-order chi connectivity index (χ0) is 20.0. The molecule has 1 aliphatic heterocycles. The Balaban J connectivity index is 0.00000420. The number of likely N-dealkylation sites (N-methyl/N-ethyl adjacent to an activating group) is 1. The van der Waals surface area contributed by atoms with Gasteiger partial charge in [0.2, 0.25) is 0 Å². The van der Waals surface area contributed by atoms with Crippen molar-refractivity contribution in [3.8, 4) is 0 Å². The second-order valence-electron chi connectivity index (χ2n) is 6.86. The number of guanidine groups is 1. The average Bonchev–Trinajstić information content (AvgIpc) is 2.73. The molecule has 9 heteroatoms. The molecule has 2 rings (SSSR count). The van der Waals surface area contributed by atoms with Crippen LogP contribution < -0.4 is 15.5 Å². The predicted molar refractivity (Wildman–Crippen MR) is 129 cm³/mol. The molecular formula is C20H37IN6O2. The van der Waals surface area contributed by atoms with Crippen LogP contribution in [0.4, 0.5) is 5.82 Å². The van der Waals surface area contributed by atoms with Gasteiger partial charge in [-0.3, -0.25) is 0 Å². The van der Waals surface area contributed by atoms with Crippen molar-refractivity contribution >= 4 is 35.8 Å². The number of morpholine rings is 1. The smallest absolute Gasteiger partial charge is 0.191 e. The van der Waals surface area contributed by atoms with E-state index in [9.17, 15) is 0 Å². The average molecular weight is 520 g/mol. The number of anilines is 1. The van der Waals surface area contributed by atoms with Crippen molar-refractivity contribution in [3.63, 3.8) is 0 Å². The quantitative estimate of drug-likeness (QED) is 0.199. The minimum atomic E-state index is 0. The molecule has 0 saturated carbocycles. The standard InChI is InChI=1S/C20H36N6O2.HI/c1-4-21-20(23-9-11-25(2)10-6-14-27-3)24-17-18-7-5-8-22-19(18)26-12-15-28-16-13-26;/h5,7-8H,4,6,9-17H2,1-3H3,(H2,21,23,24);1H. The van der Waals surface area contributed by atoms with Gasteiger partial charge in [-0.25, -0.2) is 9.98 Å². The fourth-order valence-electron chi connectivity index (χ4n) is 3.08. The topological polar surface area (TPSA) is 74.2 Å². The lowest BCUT2D eigenvalue weighted by Crippen LogP contribution is -2.41. The van der Waals surface area contributed by atoms with Crippen molar-refractivity contribution in [2.24, 2.45) is 4.99 Å². The molecule has 0 atom stereocenters. The lowest BCUT2D eigenvalue weighted by molar-refractivity contribution is 0.122. The zero-order valence-electron chi connectivity index (χ0n) is 18.0. The molecule has 2 N–H and O–H groups in total. The van der Waals surface area contributed by atoms with Crippen LogP contribution >= 0.6 is 24.0 Å². The van der Waals surface area contributed by atoms with Crippen molar-refractivity contribution in [1.29, 1.82) is 0 Å². The number of ether oxygens (including phenoxy) is 2. The normalized spacial score (nSPS) is 14.6. The highest BCUT2D eigenvalue weighted by atomic mass is 127. The summed E-state index contributed by atoms with van der Waals surface area (Å²) in [5, 5.41) is 6.75. The molecule has 0 unspecified atom stereocenters. The van der Waals surface area contributed by atoms with E-state index in [4.69, 9.17) is 14.5 Å². The summed E-state index contributed by atoms with van der Waals surface area (Å²) in [5.41, 5.74) is 1.14. The number of hydrogen-bond donors (Lipinski definition) is 2. The maximum Gasteiger partial charge on any atom is 0.191 e. The van der Waals surface area contributed by atoms with E-state index < -0.39 is 0 Å². The molecule has 0 amide bonds. The van der Waals surface area contributed by atoms with Crippen LogP contribution in [0.3, 0.4) is 0 Å². The summed E-state index contributed by atoms with van der Waals surface area (Å²) in [6.07, 6.45) is 2.90. The molecule has 0 aromatic carbocycles. The van der Waals surface area contributed by atoms with Crippen molar-refractivity contribution in [1.82, 2.24) is 20.5 Å². The number of nitrogens with one attached hydrogen (secondary N) is 2. The first-order valence-electron chi connectivity index (χ1n) is 10.2. The van der Waals surface area contributed by atoms with Crippen LogP contribution in [-0.2, 0) is 16.0 Å². The van der Waals surface area contributed by atoms with Gasteiger partial charge in [-0.15, -0.1) is 24.0 Å². The van der Waals surface area contributed by atoms with E-state index in [0.29, 0.717) is 6.54 Å². The van der Waals surface area contributed by atoms with E-state index >= 15 is 0 Å². The highest BCUT2D eigenvalue weighted by Crippen LogP contribution is 2.19. The minimum Gasteiger partial charge on any atom is -0.385 e. The minimum absolute atomic E-state index is 0. The molecule has 1 saturated heterocycles. The van der Waals surface area contributed by atoms with Crippen molar-refractivity contribution in [2.45, 2.75) is 19.9 Å². The largest absolute Gasteiger partial charge is 0.385 e. The molecule has 0 aliphatic carbocycles. The van der Waals surface area contributed by atoms with Gasteiger partial charge < -0.3 is 29.9 Å². The molecule has 29 heavy (non-hydrogen) atoms. The van der Waals surface area contributed by atoms with E-state index in [1.807, 2.05) is 12.3 Å². The molecule has 1 aromatic heterocycles. The van der Waals surface area contributed by atoms with Crippen molar-refractivity contribution in [2.75, 3.05) is 78.1 Å². The molecular weight excluding hydrogens is 483 g/mol. The molecule has 2 heterocycles. The molecule has 0 radical (unpaired) electrons. The van der Waals surface area contributed by atoms with Crippen LogP contribution in [0.2, 0.25) is 0 Å². The summed E-state index contributed by atoms with van der Waals surface area (Å²) in [4.78, 5) is 13.9. The first kappa shape index (κ1) is 25.9. The fourth-order valence-corrected chi connectivity index (χ4v) is 3.08. The summed E-state index contributed by atoms with van der Waals surface area (Å²) in [7, 11) is 3.87. The van der Waals surface area contributed by atoms with E-state index in [0.717, 1.165) is 82.9 Å². The van der Waals surface area contributed by atoms with Crippen LogP contribution in [0.25, 0.3) is 0 Å². The number of hydrogen-bond acceptors (Lipinski definition) is 6. The number of aromatic nitrogens is 1. The van der Waals surface area contributed by atoms with Gasteiger partial charge in [-0.1, -0.05) is 6.07 Å². The summed E-state index contributed by atoms with van der Waals surface area (Å²) in [5.74, 6) is 1.85. The number of pyridine rings is 1. The molecule has 0 spiro atoms. The summed E-state index contributed by atoms with van der Waals surface area (Å²) >= 11 is 0. The van der Waals surface area contributed by atoms with Gasteiger partial charge in [0.15, 0.2) is 5.96 Å². The number of methoxy groups -OCH3 is 1. The van der Waals surface area contributed by atoms with Crippen molar-refractivity contribution in [3.05, 3.63) is 23.9 Å². The van der Waals surface area contributed by atoms with E-state index in [2.05, 4.69) is 45.5 Å². The summed E-state index contributed by atoms with van der Waals surface area (Å²) in [6.45, 7) is 10.4. The Labute approximate surface area is 192 Å². The lowest BCUT2D eigenvalue weighted by Gasteiger charge is -2.29. The third-order valence-corrected chi connectivity index (χ3v) is 4.60. The number of halogens is 1. The van der Waals surface area contributed by atoms with Gasteiger partial charge in [-0.05, 0) is 26.5 Å². The fraction of sp³-hybridized carbons (Fsp3) is 0.700. The van der Waals surface area contributed by atoms with E-state index in [1.165, 1.54) is 0 Å². The van der Waals surface area contributed by atoms with Crippen molar-refractivity contribution < 1.29 is 9.47 Å². The SMILES string of the molecule is CCNC(=NCc1cccnc1N1CCOCC1)NCCN(C)CCCOC.I. The van der Waals surface area contributed by atoms with Gasteiger partial charge >= 0.3 is 0 Å². The number of rotatable bonds is 11. The highest BCUT2D eigenvalue weighted by molar-refractivity contribution is 14.0. The number of nitrogens with zero attached hydrogens (tertiary/aromatic N) is 4. The molecule has 166 valence electrons. The molecule has 0 bridgehead atoms. The Hall–Kier alpha value is -1.17. The first-order valence-corrected chi connectivity index (χ1v) is 10.2. The second kappa shape index (κ2) is 15.6.